The summed E-state index contributed by atoms with van der Waals surface area (Å²) in [5.74, 6) is -0.0695. The first kappa shape index (κ1) is 13.3. The van der Waals surface area contributed by atoms with E-state index in [1.54, 1.807) is 11.8 Å². The van der Waals surface area contributed by atoms with Crippen LogP contribution in [0.3, 0.4) is 0 Å². The molecule has 2 N–H and O–H groups in total. The summed E-state index contributed by atoms with van der Waals surface area (Å²) in [6.07, 6.45) is 1.79. The van der Waals surface area contributed by atoms with E-state index in [2.05, 4.69) is 15.5 Å². The SMILES string of the molecule is Cc1noc(CNC(=O)N(CCC(=O)O)C2CC2)n1. The molecule has 0 spiro atoms. The zero-order valence-corrected chi connectivity index (χ0v) is 10.6. The number of carbonyl (C=O) groups is 2. The second kappa shape index (κ2) is 5.68. The van der Waals surface area contributed by atoms with Crippen LogP contribution in [0.5, 0.6) is 0 Å². The molecule has 1 aliphatic carbocycles. The van der Waals surface area contributed by atoms with Gasteiger partial charge in [0, 0.05) is 12.6 Å². The molecule has 0 aromatic carbocycles. The van der Waals surface area contributed by atoms with E-state index in [4.69, 9.17) is 9.63 Å². The summed E-state index contributed by atoms with van der Waals surface area (Å²) in [5.41, 5.74) is 0. The highest BCUT2D eigenvalue weighted by molar-refractivity contribution is 5.75. The number of nitrogens with zero attached hydrogens (tertiary/aromatic N) is 3. The van der Waals surface area contributed by atoms with Gasteiger partial charge in [-0.3, -0.25) is 4.79 Å². The zero-order chi connectivity index (χ0) is 13.8. The highest BCUT2D eigenvalue weighted by atomic mass is 16.5. The Kier molecular flexibility index (Phi) is 3.98. The number of carboxylic acids is 1. The molecule has 1 saturated carbocycles. The van der Waals surface area contributed by atoms with Crippen LogP contribution >= 0.6 is 0 Å². The molecule has 19 heavy (non-hydrogen) atoms. The molecule has 8 heteroatoms. The number of hydrogen-bond acceptors (Lipinski definition) is 5. The fraction of sp³-hybridized carbons (Fsp3) is 0.636. The molecule has 0 bridgehead atoms. The second-order valence-corrected chi connectivity index (χ2v) is 4.46. The van der Waals surface area contributed by atoms with E-state index in [-0.39, 0.29) is 31.6 Å². The number of amides is 2. The van der Waals surface area contributed by atoms with Crippen molar-refractivity contribution in [3.05, 3.63) is 11.7 Å². The van der Waals surface area contributed by atoms with Crippen LogP contribution < -0.4 is 5.32 Å². The first-order valence-corrected chi connectivity index (χ1v) is 6.11. The predicted molar refractivity (Wildman–Crippen MR) is 63.3 cm³/mol. The largest absolute Gasteiger partial charge is 0.481 e. The van der Waals surface area contributed by atoms with Crippen LogP contribution in [0.4, 0.5) is 4.79 Å². The van der Waals surface area contributed by atoms with Gasteiger partial charge in [-0.05, 0) is 19.8 Å². The van der Waals surface area contributed by atoms with Crippen LogP contribution in [-0.2, 0) is 11.3 Å². The van der Waals surface area contributed by atoms with Gasteiger partial charge in [0.05, 0.1) is 13.0 Å². The van der Waals surface area contributed by atoms with E-state index in [9.17, 15) is 9.59 Å². The van der Waals surface area contributed by atoms with Crippen LogP contribution in [0.1, 0.15) is 31.0 Å². The van der Waals surface area contributed by atoms with Crippen molar-refractivity contribution >= 4 is 12.0 Å². The van der Waals surface area contributed by atoms with Crippen molar-refractivity contribution in [3.8, 4) is 0 Å². The summed E-state index contributed by atoms with van der Waals surface area (Å²) < 4.78 is 4.88. The number of aryl methyl sites for hydroxylation is 1. The normalized spacial score (nSPS) is 14.2. The molecule has 1 aliphatic rings. The molecule has 8 nitrogen and oxygen atoms in total. The molecule has 104 valence electrons. The van der Waals surface area contributed by atoms with E-state index >= 15 is 0 Å². The van der Waals surface area contributed by atoms with Gasteiger partial charge in [0.1, 0.15) is 0 Å². The zero-order valence-electron chi connectivity index (χ0n) is 10.6. The Morgan fingerprint density at radius 2 is 2.26 bits per heavy atom. The summed E-state index contributed by atoms with van der Waals surface area (Å²) >= 11 is 0. The van der Waals surface area contributed by atoms with Crippen LogP contribution in [0, 0.1) is 6.92 Å². The minimum Gasteiger partial charge on any atom is -0.481 e. The van der Waals surface area contributed by atoms with E-state index in [1.165, 1.54) is 0 Å². The van der Waals surface area contributed by atoms with Crippen molar-refractivity contribution in [1.29, 1.82) is 0 Å². The lowest BCUT2D eigenvalue weighted by atomic mass is 10.4. The molecule has 0 aliphatic heterocycles. The molecule has 1 aromatic rings. The minimum absolute atomic E-state index is 0.0520. The Hall–Kier alpha value is -2.12. The summed E-state index contributed by atoms with van der Waals surface area (Å²) in [5, 5.41) is 14.9. The molecular weight excluding hydrogens is 252 g/mol. The molecule has 0 saturated heterocycles. The summed E-state index contributed by atoms with van der Waals surface area (Å²) in [4.78, 5) is 28.0. The highest BCUT2D eigenvalue weighted by Gasteiger charge is 2.32. The van der Waals surface area contributed by atoms with Gasteiger partial charge in [0.2, 0.25) is 5.89 Å². The number of hydrogen-bond donors (Lipinski definition) is 2. The summed E-state index contributed by atoms with van der Waals surface area (Å²) in [6.45, 7) is 2.06. The highest BCUT2D eigenvalue weighted by Crippen LogP contribution is 2.26. The molecular formula is C11H16N4O4. The molecule has 2 rings (SSSR count). The second-order valence-electron chi connectivity index (χ2n) is 4.46. The monoisotopic (exact) mass is 268 g/mol. The maximum atomic E-state index is 11.9. The average molecular weight is 268 g/mol. The third-order valence-electron chi connectivity index (χ3n) is 2.78. The molecule has 2 amide bonds. The number of aliphatic carboxylic acids is 1. The Morgan fingerprint density at radius 3 is 2.79 bits per heavy atom. The maximum absolute atomic E-state index is 11.9. The first-order valence-electron chi connectivity index (χ1n) is 6.11. The first-order chi connectivity index (χ1) is 9.06. The van der Waals surface area contributed by atoms with Crippen LogP contribution in [0.2, 0.25) is 0 Å². The Balaban J connectivity index is 1.83. The Bertz CT molecular complexity index is 469. The Labute approximate surface area is 109 Å². The van der Waals surface area contributed by atoms with Crippen LogP contribution in [-0.4, -0.2) is 44.7 Å². The number of urea groups is 1. The van der Waals surface area contributed by atoms with Gasteiger partial charge in [-0.1, -0.05) is 5.16 Å². The number of rotatable bonds is 6. The lowest BCUT2D eigenvalue weighted by Gasteiger charge is -2.21. The Morgan fingerprint density at radius 1 is 1.53 bits per heavy atom. The van der Waals surface area contributed by atoms with Crippen LogP contribution in [0.15, 0.2) is 4.52 Å². The van der Waals surface area contributed by atoms with E-state index in [0.29, 0.717) is 11.7 Å². The van der Waals surface area contributed by atoms with E-state index < -0.39 is 5.97 Å². The lowest BCUT2D eigenvalue weighted by Crippen LogP contribution is -2.42. The van der Waals surface area contributed by atoms with Crippen molar-refractivity contribution in [3.63, 3.8) is 0 Å². The van der Waals surface area contributed by atoms with Gasteiger partial charge in [0.25, 0.3) is 0 Å². The van der Waals surface area contributed by atoms with Gasteiger partial charge in [-0.15, -0.1) is 0 Å². The van der Waals surface area contributed by atoms with Crippen molar-refractivity contribution < 1.29 is 19.2 Å². The molecule has 1 aromatic heterocycles. The fourth-order valence-electron chi connectivity index (χ4n) is 1.72. The topological polar surface area (TPSA) is 109 Å². The van der Waals surface area contributed by atoms with Crippen molar-refractivity contribution in [2.45, 2.75) is 38.8 Å². The minimum atomic E-state index is -0.911. The van der Waals surface area contributed by atoms with Gasteiger partial charge < -0.3 is 19.8 Å². The number of carbonyl (C=O) groups excluding carboxylic acids is 1. The number of nitrogens with one attached hydrogen (secondary N) is 1. The number of carboxylic acid groups (broad SMARTS) is 1. The lowest BCUT2D eigenvalue weighted by molar-refractivity contribution is -0.137. The molecule has 0 radical (unpaired) electrons. The van der Waals surface area contributed by atoms with E-state index in [1.807, 2.05) is 0 Å². The van der Waals surface area contributed by atoms with Gasteiger partial charge in [0.15, 0.2) is 5.82 Å². The van der Waals surface area contributed by atoms with Gasteiger partial charge in [-0.25, -0.2) is 4.79 Å². The molecule has 1 fully saturated rings. The van der Waals surface area contributed by atoms with Crippen LogP contribution in [0.25, 0.3) is 0 Å². The third kappa shape index (κ3) is 3.94. The molecule has 1 heterocycles. The maximum Gasteiger partial charge on any atom is 0.318 e. The van der Waals surface area contributed by atoms with Gasteiger partial charge >= 0.3 is 12.0 Å². The smallest absolute Gasteiger partial charge is 0.318 e. The fourth-order valence-corrected chi connectivity index (χ4v) is 1.72. The van der Waals surface area contributed by atoms with E-state index in [0.717, 1.165) is 12.8 Å². The summed E-state index contributed by atoms with van der Waals surface area (Å²) in [6, 6.07) is -0.136. The van der Waals surface area contributed by atoms with Gasteiger partial charge in [-0.2, -0.15) is 4.98 Å². The standard InChI is InChI=1S/C11H16N4O4/c1-7-13-9(19-14-7)6-12-11(18)15(8-2-3-8)5-4-10(16)17/h8H,2-6H2,1H3,(H,12,18)(H,16,17). The van der Waals surface area contributed by atoms with Crippen molar-refractivity contribution in [2.75, 3.05) is 6.54 Å². The third-order valence-corrected chi connectivity index (χ3v) is 2.78. The number of aromatic nitrogens is 2. The summed E-state index contributed by atoms with van der Waals surface area (Å²) in [7, 11) is 0. The van der Waals surface area contributed by atoms with Crippen molar-refractivity contribution in [1.82, 2.24) is 20.4 Å². The quantitative estimate of drug-likeness (QED) is 0.778. The average Bonchev–Trinajstić information content (AvgIpc) is 3.09. The van der Waals surface area contributed by atoms with Crippen molar-refractivity contribution in [2.24, 2.45) is 0 Å². The molecule has 0 atom stereocenters. The predicted octanol–water partition coefficient (Wildman–Crippen LogP) is 0.527. The molecule has 0 unspecified atom stereocenters.